The summed E-state index contributed by atoms with van der Waals surface area (Å²) >= 11 is 0. The number of nitrogens with zero attached hydrogens (tertiary/aromatic N) is 1. The van der Waals surface area contributed by atoms with E-state index in [1.165, 1.54) is 0 Å². The molecule has 0 atom stereocenters. The fraction of sp³-hybridized carbons (Fsp3) is 0.471. The van der Waals surface area contributed by atoms with Crippen LogP contribution in [0, 0.1) is 0 Å². The van der Waals surface area contributed by atoms with Crippen molar-refractivity contribution in [1.29, 1.82) is 0 Å². The number of carboxylic acids is 1. The molecular weight excluding hydrogens is 296 g/mol. The Bertz CT molecular complexity index is 608. The zero-order valence-corrected chi connectivity index (χ0v) is 13.5. The summed E-state index contributed by atoms with van der Waals surface area (Å²) in [7, 11) is 0. The molecule has 1 aliphatic rings. The first kappa shape index (κ1) is 17.0. The van der Waals surface area contributed by atoms with E-state index in [2.05, 4.69) is 5.32 Å². The molecular formula is C17H22N2O4. The molecule has 6 nitrogen and oxygen atoms in total. The van der Waals surface area contributed by atoms with E-state index in [0.717, 1.165) is 6.42 Å². The smallest absolute Gasteiger partial charge is 0.313 e. The van der Waals surface area contributed by atoms with Crippen LogP contribution in [0.25, 0.3) is 0 Å². The average molecular weight is 318 g/mol. The molecule has 1 heterocycles. The number of amides is 2. The van der Waals surface area contributed by atoms with Gasteiger partial charge in [0.2, 0.25) is 5.91 Å². The van der Waals surface area contributed by atoms with Gasteiger partial charge in [-0.1, -0.05) is 12.1 Å². The summed E-state index contributed by atoms with van der Waals surface area (Å²) in [5.74, 6) is -1.08. The van der Waals surface area contributed by atoms with Crippen LogP contribution < -0.4 is 5.32 Å². The summed E-state index contributed by atoms with van der Waals surface area (Å²) in [5, 5.41) is 12.0. The van der Waals surface area contributed by atoms with E-state index in [-0.39, 0.29) is 11.8 Å². The maximum Gasteiger partial charge on any atom is 0.313 e. The predicted octanol–water partition coefficient (Wildman–Crippen LogP) is 1.40. The summed E-state index contributed by atoms with van der Waals surface area (Å²) in [4.78, 5) is 37.0. The summed E-state index contributed by atoms with van der Waals surface area (Å²) in [6.45, 7) is 4.83. The van der Waals surface area contributed by atoms with Crippen LogP contribution in [0.5, 0.6) is 0 Å². The normalized spacial score (nSPS) is 16.3. The molecule has 2 amide bonds. The summed E-state index contributed by atoms with van der Waals surface area (Å²) in [6.07, 6.45) is 1.03. The van der Waals surface area contributed by atoms with Gasteiger partial charge in [0.25, 0.3) is 5.91 Å². The minimum absolute atomic E-state index is 0.0407. The number of benzene rings is 1. The van der Waals surface area contributed by atoms with E-state index in [1.807, 2.05) is 0 Å². The van der Waals surface area contributed by atoms with Gasteiger partial charge in [0.05, 0.1) is 5.41 Å². The average Bonchev–Trinajstić information content (AvgIpc) is 2.51. The third kappa shape index (κ3) is 3.88. The molecule has 1 aliphatic heterocycles. The molecule has 124 valence electrons. The van der Waals surface area contributed by atoms with Crippen molar-refractivity contribution < 1.29 is 19.5 Å². The van der Waals surface area contributed by atoms with Crippen LogP contribution >= 0.6 is 0 Å². The lowest BCUT2D eigenvalue weighted by atomic mass is 9.84. The fourth-order valence-electron chi connectivity index (χ4n) is 2.47. The first-order valence-electron chi connectivity index (χ1n) is 7.72. The van der Waals surface area contributed by atoms with Gasteiger partial charge in [-0.2, -0.15) is 0 Å². The molecule has 1 fully saturated rings. The lowest BCUT2D eigenvalue weighted by Gasteiger charge is -2.25. The monoisotopic (exact) mass is 318 g/mol. The Morgan fingerprint density at radius 2 is 1.83 bits per heavy atom. The lowest BCUT2D eigenvalue weighted by Crippen LogP contribution is -2.40. The van der Waals surface area contributed by atoms with Crippen molar-refractivity contribution in [2.45, 2.75) is 32.1 Å². The highest BCUT2D eigenvalue weighted by Gasteiger charge is 2.29. The van der Waals surface area contributed by atoms with Crippen molar-refractivity contribution in [3.05, 3.63) is 35.4 Å². The quantitative estimate of drug-likeness (QED) is 0.882. The molecule has 0 aromatic heterocycles. The second kappa shape index (κ2) is 6.81. The van der Waals surface area contributed by atoms with E-state index in [0.29, 0.717) is 37.2 Å². The highest BCUT2D eigenvalue weighted by molar-refractivity contribution is 5.94. The molecule has 0 aliphatic carbocycles. The minimum Gasteiger partial charge on any atom is -0.481 e. The van der Waals surface area contributed by atoms with Crippen LogP contribution in [0.4, 0.5) is 0 Å². The number of nitrogens with one attached hydrogen (secondary N) is 1. The molecule has 0 unspecified atom stereocenters. The number of hydrogen-bond acceptors (Lipinski definition) is 3. The Hall–Kier alpha value is -2.37. The van der Waals surface area contributed by atoms with E-state index in [4.69, 9.17) is 0 Å². The highest BCUT2D eigenvalue weighted by atomic mass is 16.4. The van der Waals surface area contributed by atoms with Gasteiger partial charge >= 0.3 is 5.97 Å². The maximum absolute atomic E-state index is 12.5. The second-order valence-corrected chi connectivity index (χ2v) is 6.25. The number of carbonyl (C=O) groups is 3. The number of hydrogen-bond donors (Lipinski definition) is 2. The van der Waals surface area contributed by atoms with Crippen LogP contribution in [-0.4, -0.2) is 47.4 Å². The van der Waals surface area contributed by atoms with Crippen molar-refractivity contribution in [2.75, 3.05) is 19.6 Å². The van der Waals surface area contributed by atoms with E-state index >= 15 is 0 Å². The molecule has 0 saturated carbocycles. The molecule has 0 bridgehead atoms. The van der Waals surface area contributed by atoms with Crippen molar-refractivity contribution in [3.63, 3.8) is 0 Å². The number of aliphatic carboxylic acids is 1. The Morgan fingerprint density at radius 1 is 1.17 bits per heavy atom. The van der Waals surface area contributed by atoms with Gasteiger partial charge < -0.3 is 15.3 Å². The second-order valence-electron chi connectivity index (χ2n) is 6.25. The molecule has 2 N–H and O–H groups in total. The van der Waals surface area contributed by atoms with Gasteiger partial charge in [0.1, 0.15) is 0 Å². The number of carboxylic acid groups (broad SMARTS) is 1. The molecule has 1 saturated heterocycles. The van der Waals surface area contributed by atoms with Gasteiger partial charge in [-0.25, -0.2) is 0 Å². The van der Waals surface area contributed by atoms with Gasteiger partial charge in [0.15, 0.2) is 0 Å². The van der Waals surface area contributed by atoms with Crippen LogP contribution in [0.2, 0.25) is 0 Å². The van der Waals surface area contributed by atoms with Crippen molar-refractivity contribution in [3.8, 4) is 0 Å². The Balaban J connectivity index is 2.13. The van der Waals surface area contributed by atoms with Gasteiger partial charge in [-0.05, 0) is 38.0 Å². The summed E-state index contributed by atoms with van der Waals surface area (Å²) in [5.41, 5.74) is 0.157. The summed E-state index contributed by atoms with van der Waals surface area (Å²) < 4.78 is 0. The third-order valence-corrected chi connectivity index (χ3v) is 4.21. The first-order chi connectivity index (χ1) is 10.8. The van der Waals surface area contributed by atoms with Crippen molar-refractivity contribution in [2.24, 2.45) is 0 Å². The molecule has 0 radical (unpaired) electrons. The van der Waals surface area contributed by atoms with Crippen molar-refractivity contribution >= 4 is 17.8 Å². The Labute approximate surface area is 135 Å². The zero-order chi connectivity index (χ0) is 17.0. The summed E-state index contributed by atoms with van der Waals surface area (Å²) in [6, 6.07) is 6.67. The first-order valence-corrected chi connectivity index (χ1v) is 7.72. The maximum atomic E-state index is 12.5. The molecule has 0 spiro atoms. The topological polar surface area (TPSA) is 86.7 Å². The largest absolute Gasteiger partial charge is 0.481 e. The van der Waals surface area contributed by atoms with Crippen LogP contribution in [0.3, 0.4) is 0 Å². The number of carbonyl (C=O) groups excluding carboxylic acids is 2. The highest BCUT2D eigenvalue weighted by Crippen LogP contribution is 2.24. The van der Waals surface area contributed by atoms with Gasteiger partial charge in [-0.15, -0.1) is 0 Å². The van der Waals surface area contributed by atoms with Crippen LogP contribution in [-0.2, 0) is 15.0 Å². The molecule has 23 heavy (non-hydrogen) atoms. The predicted molar refractivity (Wildman–Crippen MR) is 85.3 cm³/mol. The zero-order valence-electron chi connectivity index (χ0n) is 13.5. The molecule has 1 aromatic carbocycles. The third-order valence-electron chi connectivity index (χ3n) is 4.21. The van der Waals surface area contributed by atoms with Gasteiger partial charge in [0, 0.05) is 31.6 Å². The standard InChI is InChI=1S/C17H22N2O4/c1-17(2,16(22)23)13-6-4-12(5-7-13)15(21)19-10-3-9-18-14(20)8-11-19/h4-7H,3,8-11H2,1-2H3,(H,18,20)(H,22,23). The van der Waals surface area contributed by atoms with Crippen LogP contribution in [0.15, 0.2) is 24.3 Å². The number of rotatable bonds is 3. The van der Waals surface area contributed by atoms with Gasteiger partial charge in [-0.3, -0.25) is 14.4 Å². The van der Waals surface area contributed by atoms with E-state index < -0.39 is 11.4 Å². The fourth-order valence-corrected chi connectivity index (χ4v) is 2.47. The van der Waals surface area contributed by atoms with E-state index in [1.54, 1.807) is 43.0 Å². The molecule has 1 aromatic rings. The van der Waals surface area contributed by atoms with Crippen molar-refractivity contribution in [1.82, 2.24) is 10.2 Å². The minimum atomic E-state index is -1.000. The molecule has 2 rings (SSSR count). The molecule has 6 heteroatoms. The Morgan fingerprint density at radius 3 is 2.43 bits per heavy atom. The Kier molecular flexibility index (Phi) is 5.03. The van der Waals surface area contributed by atoms with Crippen LogP contribution in [0.1, 0.15) is 42.6 Å². The van der Waals surface area contributed by atoms with E-state index in [9.17, 15) is 19.5 Å². The SMILES string of the molecule is CC(C)(C(=O)O)c1ccc(C(=O)N2CCCNC(=O)CC2)cc1. The lowest BCUT2D eigenvalue weighted by molar-refractivity contribution is -0.142.